The second kappa shape index (κ2) is 8.18. The Morgan fingerprint density at radius 2 is 1.96 bits per heavy atom. The van der Waals surface area contributed by atoms with Crippen molar-refractivity contribution in [1.29, 1.82) is 0 Å². The standard InChI is InChI=1S/C20H24N2O5S/c1-14-11-18(28(2,25)26)5-6-19(14)27-13-17-4-3-16(12-21-17)15-7-9-22(10-8-15)20(23)24/h3-6,11-12,15H,7-10,13H2,1-2H3,(H,23,24). The van der Waals surface area contributed by atoms with Crippen molar-refractivity contribution in [2.24, 2.45) is 0 Å². The summed E-state index contributed by atoms with van der Waals surface area (Å²) in [6.07, 6.45) is 3.76. The molecule has 3 rings (SSSR count). The number of piperidine rings is 1. The predicted molar refractivity (Wildman–Crippen MR) is 104 cm³/mol. The molecular formula is C20H24N2O5S. The molecule has 1 aliphatic heterocycles. The SMILES string of the molecule is Cc1cc(S(C)(=O)=O)ccc1OCc1ccc(C2CCN(C(=O)O)CC2)cn1. The van der Waals surface area contributed by atoms with Crippen LogP contribution in [-0.4, -0.2) is 48.8 Å². The Hall–Kier alpha value is -2.61. The van der Waals surface area contributed by atoms with Crippen LogP contribution in [-0.2, 0) is 16.4 Å². The van der Waals surface area contributed by atoms with Crippen LogP contribution in [0.25, 0.3) is 0 Å². The molecule has 2 heterocycles. The van der Waals surface area contributed by atoms with Crippen molar-refractivity contribution in [2.45, 2.75) is 37.2 Å². The number of benzene rings is 1. The van der Waals surface area contributed by atoms with E-state index in [-0.39, 0.29) is 11.5 Å². The summed E-state index contributed by atoms with van der Waals surface area (Å²) in [4.78, 5) is 17.2. The molecule has 0 bridgehead atoms. The van der Waals surface area contributed by atoms with Crippen molar-refractivity contribution in [3.8, 4) is 5.75 Å². The van der Waals surface area contributed by atoms with Gasteiger partial charge in [-0.1, -0.05) is 6.07 Å². The van der Waals surface area contributed by atoms with E-state index in [1.807, 2.05) is 25.3 Å². The molecule has 2 aromatic rings. The lowest BCUT2D eigenvalue weighted by Gasteiger charge is -2.30. The zero-order chi connectivity index (χ0) is 20.3. The number of ether oxygens (including phenoxy) is 1. The molecule has 0 aliphatic carbocycles. The van der Waals surface area contributed by atoms with Gasteiger partial charge in [0.2, 0.25) is 0 Å². The van der Waals surface area contributed by atoms with Crippen LogP contribution < -0.4 is 4.74 Å². The molecule has 1 saturated heterocycles. The molecule has 1 amide bonds. The van der Waals surface area contributed by atoms with Crippen LogP contribution >= 0.6 is 0 Å². The Bertz CT molecular complexity index is 949. The molecule has 150 valence electrons. The smallest absolute Gasteiger partial charge is 0.407 e. The zero-order valence-corrected chi connectivity index (χ0v) is 16.8. The molecule has 1 fully saturated rings. The van der Waals surface area contributed by atoms with Gasteiger partial charge >= 0.3 is 6.09 Å². The molecule has 1 aliphatic rings. The van der Waals surface area contributed by atoms with Gasteiger partial charge < -0.3 is 14.7 Å². The van der Waals surface area contributed by atoms with Gasteiger partial charge in [-0.15, -0.1) is 0 Å². The van der Waals surface area contributed by atoms with Gasteiger partial charge in [-0.2, -0.15) is 0 Å². The zero-order valence-electron chi connectivity index (χ0n) is 16.0. The molecule has 7 nitrogen and oxygen atoms in total. The van der Waals surface area contributed by atoms with Crippen molar-refractivity contribution in [3.63, 3.8) is 0 Å². The van der Waals surface area contributed by atoms with E-state index in [0.717, 1.165) is 29.7 Å². The average Bonchev–Trinajstić information content (AvgIpc) is 2.67. The monoisotopic (exact) mass is 404 g/mol. The van der Waals surface area contributed by atoms with Gasteiger partial charge in [0.1, 0.15) is 12.4 Å². The first-order valence-electron chi connectivity index (χ1n) is 9.10. The van der Waals surface area contributed by atoms with Crippen molar-refractivity contribution >= 4 is 15.9 Å². The Kier molecular flexibility index (Phi) is 5.88. The van der Waals surface area contributed by atoms with Gasteiger partial charge in [0, 0.05) is 25.5 Å². The highest BCUT2D eigenvalue weighted by Crippen LogP contribution is 2.28. The first-order valence-corrected chi connectivity index (χ1v) is 11.0. The Morgan fingerprint density at radius 1 is 1.25 bits per heavy atom. The van der Waals surface area contributed by atoms with Crippen LogP contribution in [0.4, 0.5) is 4.79 Å². The molecule has 1 aromatic carbocycles. The fourth-order valence-electron chi connectivity index (χ4n) is 3.33. The number of likely N-dealkylation sites (tertiary alicyclic amines) is 1. The van der Waals surface area contributed by atoms with E-state index in [1.165, 1.54) is 17.2 Å². The molecule has 0 spiro atoms. The van der Waals surface area contributed by atoms with Gasteiger partial charge in [-0.05, 0) is 61.1 Å². The lowest BCUT2D eigenvalue weighted by atomic mass is 9.90. The predicted octanol–water partition coefficient (Wildman–Crippen LogP) is 3.23. The highest BCUT2D eigenvalue weighted by molar-refractivity contribution is 7.90. The van der Waals surface area contributed by atoms with Crippen molar-refractivity contribution in [1.82, 2.24) is 9.88 Å². The van der Waals surface area contributed by atoms with Gasteiger partial charge in [-0.25, -0.2) is 13.2 Å². The molecule has 0 radical (unpaired) electrons. The number of aromatic nitrogens is 1. The third-order valence-electron chi connectivity index (χ3n) is 5.03. The summed E-state index contributed by atoms with van der Waals surface area (Å²) in [5, 5.41) is 9.03. The summed E-state index contributed by atoms with van der Waals surface area (Å²) in [5.74, 6) is 0.947. The molecule has 0 saturated carbocycles. The lowest BCUT2D eigenvalue weighted by molar-refractivity contribution is 0.132. The van der Waals surface area contributed by atoms with Gasteiger partial charge in [0.15, 0.2) is 9.84 Å². The van der Waals surface area contributed by atoms with E-state index in [1.54, 1.807) is 12.1 Å². The van der Waals surface area contributed by atoms with Crippen LogP contribution in [0.3, 0.4) is 0 Å². The molecular weight excluding hydrogens is 380 g/mol. The Labute approximate surface area is 164 Å². The average molecular weight is 404 g/mol. The minimum Gasteiger partial charge on any atom is -0.487 e. The summed E-state index contributed by atoms with van der Waals surface area (Å²) in [6.45, 7) is 3.20. The molecule has 1 aromatic heterocycles. The maximum atomic E-state index is 11.6. The first kappa shape index (κ1) is 20.1. The third-order valence-corrected chi connectivity index (χ3v) is 6.14. The summed E-state index contributed by atoms with van der Waals surface area (Å²) in [6, 6.07) is 8.74. The summed E-state index contributed by atoms with van der Waals surface area (Å²) >= 11 is 0. The number of carbonyl (C=O) groups is 1. The Balaban J connectivity index is 1.59. The fraction of sp³-hybridized carbons (Fsp3) is 0.400. The first-order chi connectivity index (χ1) is 13.2. The summed E-state index contributed by atoms with van der Waals surface area (Å²) in [5.41, 5.74) is 2.64. The number of pyridine rings is 1. The van der Waals surface area contributed by atoms with Crippen LogP contribution in [0.1, 0.15) is 35.6 Å². The second-order valence-electron chi connectivity index (χ2n) is 7.11. The number of sulfone groups is 1. The van der Waals surface area contributed by atoms with E-state index in [9.17, 15) is 13.2 Å². The minimum atomic E-state index is -3.24. The molecule has 0 atom stereocenters. The largest absolute Gasteiger partial charge is 0.487 e. The van der Waals surface area contributed by atoms with E-state index >= 15 is 0 Å². The Morgan fingerprint density at radius 3 is 2.50 bits per heavy atom. The van der Waals surface area contributed by atoms with Crippen molar-refractivity contribution < 1.29 is 23.1 Å². The number of amides is 1. The quantitative estimate of drug-likeness (QED) is 0.822. The second-order valence-corrected chi connectivity index (χ2v) is 9.13. The number of hydrogen-bond donors (Lipinski definition) is 1. The van der Waals surface area contributed by atoms with Crippen LogP contribution in [0, 0.1) is 6.92 Å². The van der Waals surface area contributed by atoms with Gasteiger partial charge in [0.25, 0.3) is 0 Å². The van der Waals surface area contributed by atoms with Crippen LogP contribution in [0.15, 0.2) is 41.4 Å². The van der Waals surface area contributed by atoms with E-state index in [4.69, 9.17) is 9.84 Å². The third kappa shape index (κ3) is 4.81. The van der Waals surface area contributed by atoms with E-state index in [2.05, 4.69) is 4.98 Å². The molecule has 1 N–H and O–H groups in total. The maximum absolute atomic E-state index is 11.6. The van der Waals surface area contributed by atoms with Crippen LogP contribution in [0.5, 0.6) is 5.75 Å². The molecule has 8 heteroatoms. The van der Waals surface area contributed by atoms with E-state index in [0.29, 0.717) is 24.8 Å². The fourth-order valence-corrected chi connectivity index (χ4v) is 4.04. The number of nitrogens with zero attached hydrogens (tertiary/aromatic N) is 2. The van der Waals surface area contributed by atoms with Gasteiger partial charge in [-0.3, -0.25) is 4.98 Å². The minimum absolute atomic E-state index is 0.272. The van der Waals surface area contributed by atoms with Crippen LogP contribution in [0.2, 0.25) is 0 Å². The highest BCUT2D eigenvalue weighted by atomic mass is 32.2. The number of carboxylic acid groups (broad SMARTS) is 1. The summed E-state index contributed by atoms with van der Waals surface area (Å²) in [7, 11) is -3.24. The lowest BCUT2D eigenvalue weighted by Crippen LogP contribution is -2.36. The topological polar surface area (TPSA) is 96.8 Å². The van der Waals surface area contributed by atoms with Crippen molar-refractivity contribution in [3.05, 3.63) is 53.3 Å². The van der Waals surface area contributed by atoms with Gasteiger partial charge in [0.05, 0.1) is 10.6 Å². The van der Waals surface area contributed by atoms with Crippen molar-refractivity contribution in [2.75, 3.05) is 19.3 Å². The highest BCUT2D eigenvalue weighted by Gasteiger charge is 2.23. The summed E-state index contributed by atoms with van der Waals surface area (Å²) < 4.78 is 29.0. The number of hydrogen-bond acceptors (Lipinski definition) is 5. The number of rotatable bonds is 5. The maximum Gasteiger partial charge on any atom is 0.407 e. The number of aryl methyl sites for hydroxylation is 1. The van der Waals surface area contributed by atoms with E-state index < -0.39 is 15.9 Å². The normalized spacial score (nSPS) is 15.4. The molecule has 28 heavy (non-hydrogen) atoms. The molecule has 0 unspecified atom stereocenters.